The Kier molecular flexibility index (Phi) is 2.99. The molecule has 0 radical (unpaired) electrons. The van der Waals surface area contributed by atoms with Gasteiger partial charge in [0.05, 0.1) is 4.90 Å². The molecule has 3 N–H and O–H groups in total. The molecule has 90 valence electrons. The molecule has 1 aromatic carbocycles. The number of nitrogens with zero attached hydrogens (tertiary/aromatic N) is 2. The summed E-state index contributed by atoms with van der Waals surface area (Å²) in [6, 6.07) is 6.51. The third-order valence-corrected chi connectivity index (χ3v) is 4.15. The van der Waals surface area contributed by atoms with E-state index in [1.165, 1.54) is 12.1 Å². The Balaban J connectivity index is 2.28. The van der Waals surface area contributed by atoms with E-state index in [1.807, 2.05) is 6.92 Å². The molecule has 0 spiro atoms. The first-order valence-electron chi connectivity index (χ1n) is 4.66. The molecule has 6 nitrogen and oxygen atoms in total. The lowest BCUT2D eigenvalue weighted by atomic mass is 10.2. The molecule has 0 bridgehead atoms. The van der Waals surface area contributed by atoms with Crippen LogP contribution in [0.4, 0.5) is 10.3 Å². The molecule has 17 heavy (non-hydrogen) atoms. The maximum absolute atomic E-state index is 11.9. The van der Waals surface area contributed by atoms with Crippen LogP contribution in [0.1, 0.15) is 5.56 Å². The van der Waals surface area contributed by atoms with Gasteiger partial charge in [0.2, 0.25) is 10.3 Å². The predicted molar refractivity (Wildman–Crippen MR) is 66.3 cm³/mol. The Morgan fingerprint density at radius 1 is 1.24 bits per heavy atom. The van der Waals surface area contributed by atoms with Crippen molar-refractivity contribution in [3.05, 3.63) is 29.8 Å². The lowest BCUT2D eigenvalue weighted by Crippen LogP contribution is -2.12. The third kappa shape index (κ3) is 2.71. The van der Waals surface area contributed by atoms with Crippen molar-refractivity contribution < 1.29 is 8.42 Å². The molecule has 2 rings (SSSR count). The van der Waals surface area contributed by atoms with Gasteiger partial charge in [-0.1, -0.05) is 29.0 Å². The van der Waals surface area contributed by atoms with Crippen LogP contribution in [-0.4, -0.2) is 18.6 Å². The minimum Gasteiger partial charge on any atom is -0.374 e. The molecular formula is C9H10N4O2S2. The van der Waals surface area contributed by atoms with Gasteiger partial charge in [-0.05, 0) is 19.1 Å². The Morgan fingerprint density at radius 3 is 2.41 bits per heavy atom. The van der Waals surface area contributed by atoms with Crippen LogP contribution in [0.2, 0.25) is 0 Å². The number of sulfonamides is 1. The van der Waals surface area contributed by atoms with Gasteiger partial charge >= 0.3 is 0 Å². The fourth-order valence-electron chi connectivity index (χ4n) is 1.17. The number of nitrogen functional groups attached to an aromatic ring is 1. The fourth-order valence-corrected chi connectivity index (χ4v) is 2.91. The van der Waals surface area contributed by atoms with Crippen molar-refractivity contribution in [1.82, 2.24) is 10.2 Å². The van der Waals surface area contributed by atoms with E-state index in [0.717, 1.165) is 16.9 Å². The van der Waals surface area contributed by atoms with Crippen LogP contribution in [-0.2, 0) is 10.0 Å². The topological polar surface area (TPSA) is 98.0 Å². The first-order chi connectivity index (χ1) is 7.97. The summed E-state index contributed by atoms with van der Waals surface area (Å²) in [5.41, 5.74) is 6.36. The minimum absolute atomic E-state index is 0.156. The highest BCUT2D eigenvalue weighted by atomic mass is 32.2. The number of aryl methyl sites for hydroxylation is 1. The van der Waals surface area contributed by atoms with Crippen LogP contribution in [0.15, 0.2) is 29.2 Å². The summed E-state index contributed by atoms with van der Waals surface area (Å²) in [4.78, 5) is 0.178. The van der Waals surface area contributed by atoms with Crippen LogP contribution in [0.25, 0.3) is 0 Å². The first kappa shape index (κ1) is 11.8. The average molecular weight is 270 g/mol. The number of nitrogens with two attached hydrogens (primary N) is 1. The number of hydrogen-bond acceptors (Lipinski definition) is 6. The van der Waals surface area contributed by atoms with Crippen LogP contribution < -0.4 is 10.5 Å². The number of hydrogen-bond donors (Lipinski definition) is 2. The zero-order valence-corrected chi connectivity index (χ0v) is 10.5. The SMILES string of the molecule is Cc1ccc(S(=O)(=O)Nc2nnc(N)s2)cc1. The fraction of sp³-hybridized carbons (Fsp3) is 0.111. The van der Waals surface area contributed by atoms with Gasteiger partial charge in [-0.2, -0.15) is 0 Å². The molecule has 0 unspecified atom stereocenters. The van der Waals surface area contributed by atoms with Gasteiger partial charge in [0.1, 0.15) is 0 Å². The minimum atomic E-state index is -3.61. The molecule has 0 saturated heterocycles. The largest absolute Gasteiger partial charge is 0.374 e. The maximum atomic E-state index is 11.9. The summed E-state index contributed by atoms with van der Waals surface area (Å²) in [5.74, 6) is 0. The monoisotopic (exact) mass is 270 g/mol. The van der Waals surface area contributed by atoms with E-state index >= 15 is 0 Å². The molecule has 2 aromatic rings. The van der Waals surface area contributed by atoms with Crippen molar-refractivity contribution in [1.29, 1.82) is 0 Å². The predicted octanol–water partition coefficient (Wildman–Crippen LogP) is 1.23. The molecule has 0 aliphatic rings. The Labute approximate surface area is 103 Å². The molecular weight excluding hydrogens is 260 g/mol. The van der Waals surface area contributed by atoms with Gasteiger partial charge in [-0.3, -0.25) is 4.72 Å². The summed E-state index contributed by atoms with van der Waals surface area (Å²) in [7, 11) is -3.61. The molecule has 0 aliphatic carbocycles. The van der Waals surface area contributed by atoms with Gasteiger partial charge in [0.15, 0.2) is 0 Å². The van der Waals surface area contributed by atoms with Crippen LogP contribution in [0, 0.1) is 6.92 Å². The van der Waals surface area contributed by atoms with Crippen LogP contribution >= 0.6 is 11.3 Å². The number of anilines is 2. The summed E-state index contributed by atoms with van der Waals surface area (Å²) >= 11 is 0.978. The Hall–Kier alpha value is -1.67. The van der Waals surface area contributed by atoms with E-state index in [0.29, 0.717) is 0 Å². The molecule has 0 amide bonds. The van der Waals surface area contributed by atoms with Crippen molar-refractivity contribution >= 4 is 31.6 Å². The summed E-state index contributed by atoms with van der Waals surface area (Å²) in [6.45, 7) is 1.88. The molecule has 1 aromatic heterocycles. The molecule has 0 aliphatic heterocycles. The zero-order valence-electron chi connectivity index (χ0n) is 8.91. The van der Waals surface area contributed by atoms with Gasteiger partial charge in [0.25, 0.3) is 10.0 Å². The molecule has 0 fully saturated rings. The lowest BCUT2D eigenvalue weighted by molar-refractivity contribution is 0.601. The molecule has 8 heteroatoms. The summed E-state index contributed by atoms with van der Waals surface area (Å²) in [6.07, 6.45) is 0. The second-order valence-corrected chi connectivity index (χ2v) is 6.06. The van der Waals surface area contributed by atoms with E-state index in [4.69, 9.17) is 5.73 Å². The molecule has 0 atom stereocenters. The first-order valence-corrected chi connectivity index (χ1v) is 6.96. The van der Waals surface area contributed by atoms with Crippen molar-refractivity contribution in [3.63, 3.8) is 0 Å². The lowest BCUT2D eigenvalue weighted by Gasteiger charge is -2.04. The highest BCUT2D eigenvalue weighted by molar-refractivity contribution is 7.93. The van der Waals surface area contributed by atoms with E-state index in [-0.39, 0.29) is 15.2 Å². The standard InChI is InChI=1S/C9H10N4O2S2/c1-6-2-4-7(5-3-6)17(14,15)13-9-12-11-8(10)16-9/h2-5H,1H3,(H2,10,11)(H,12,13). The Morgan fingerprint density at radius 2 is 1.88 bits per heavy atom. The van der Waals surface area contributed by atoms with Crippen molar-refractivity contribution in [2.24, 2.45) is 0 Å². The van der Waals surface area contributed by atoms with Crippen molar-refractivity contribution in [2.45, 2.75) is 11.8 Å². The highest BCUT2D eigenvalue weighted by Crippen LogP contribution is 2.20. The quantitative estimate of drug-likeness (QED) is 0.874. The van der Waals surface area contributed by atoms with E-state index in [9.17, 15) is 8.42 Å². The van der Waals surface area contributed by atoms with E-state index in [1.54, 1.807) is 12.1 Å². The molecule has 0 saturated carbocycles. The number of aromatic nitrogens is 2. The normalized spacial score (nSPS) is 11.4. The third-order valence-electron chi connectivity index (χ3n) is 1.99. The second kappa shape index (κ2) is 4.30. The van der Waals surface area contributed by atoms with E-state index in [2.05, 4.69) is 14.9 Å². The summed E-state index contributed by atoms with van der Waals surface area (Å²) < 4.78 is 26.1. The second-order valence-electron chi connectivity index (χ2n) is 3.36. The van der Waals surface area contributed by atoms with Gasteiger partial charge < -0.3 is 5.73 Å². The molecule has 1 heterocycles. The maximum Gasteiger partial charge on any atom is 0.263 e. The number of benzene rings is 1. The van der Waals surface area contributed by atoms with Gasteiger partial charge in [-0.25, -0.2) is 8.42 Å². The number of rotatable bonds is 3. The smallest absolute Gasteiger partial charge is 0.263 e. The van der Waals surface area contributed by atoms with Crippen molar-refractivity contribution in [2.75, 3.05) is 10.5 Å². The zero-order chi connectivity index (χ0) is 12.5. The Bertz CT molecular complexity index is 619. The average Bonchev–Trinajstić information content (AvgIpc) is 2.63. The number of nitrogens with one attached hydrogen (secondary N) is 1. The van der Waals surface area contributed by atoms with Gasteiger partial charge in [-0.15, -0.1) is 10.2 Å². The van der Waals surface area contributed by atoms with E-state index < -0.39 is 10.0 Å². The van der Waals surface area contributed by atoms with Crippen LogP contribution in [0.3, 0.4) is 0 Å². The highest BCUT2D eigenvalue weighted by Gasteiger charge is 2.15. The van der Waals surface area contributed by atoms with Gasteiger partial charge in [0, 0.05) is 0 Å². The van der Waals surface area contributed by atoms with Crippen molar-refractivity contribution in [3.8, 4) is 0 Å². The van der Waals surface area contributed by atoms with Crippen LogP contribution in [0.5, 0.6) is 0 Å². The summed E-state index contributed by atoms with van der Waals surface area (Å²) in [5, 5.41) is 7.50.